The zero-order valence-electron chi connectivity index (χ0n) is 7.65. The second kappa shape index (κ2) is 5.47. The Hall–Kier alpha value is -1.40. The standard InChI is InChI=1S/C8H9N3O3S/c9-11-10-2-7(13)8(14)5-1-6(3-12)15-4-5/h1,3-4,7-8,13-14H,2H2. The predicted octanol–water partition coefficient (Wildman–Crippen LogP) is 1.27. The largest absolute Gasteiger partial charge is 0.390 e. The Morgan fingerprint density at radius 3 is 2.93 bits per heavy atom. The van der Waals surface area contributed by atoms with Gasteiger partial charge in [0.2, 0.25) is 0 Å². The molecule has 0 amide bonds. The Balaban J connectivity index is 2.70. The van der Waals surface area contributed by atoms with Gasteiger partial charge >= 0.3 is 0 Å². The summed E-state index contributed by atoms with van der Waals surface area (Å²) in [4.78, 5) is 13.3. The van der Waals surface area contributed by atoms with Crippen molar-refractivity contribution in [3.8, 4) is 0 Å². The van der Waals surface area contributed by atoms with Crippen molar-refractivity contribution < 1.29 is 15.0 Å². The Kier molecular flexibility index (Phi) is 4.26. The minimum Gasteiger partial charge on any atom is -0.390 e. The van der Waals surface area contributed by atoms with Crippen molar-refractivity contribution in [2.75, 3.05) is 6.54 Å². The molecule has 0 aliphatic rings. The molecule has 0 saturated carbocycles. The molecule has 2 N–H and O–H groups in total. The molecule has 1 aromatic heterocycles. The molecule has 1 rings (SSSR count). The van der Waals surface area contributed by atoms with Crippen LogP contribution in [-0.2, 0) is 0 Å². The topological polar surface area (TPSA) is 106 Å². The summed E-state index contributed by atoms with van der Waals surface area (Å²) in [6, 6.07) is 1.49. The van der Waals surface area contributed by atoms with Crippen LogP contribution in [0.15, 0.2) is 16.6 Å². The van der Waals surface area contributed by atoms with Crippen LogP contribution in [0.1, 0.15) is 21.3 Å². The van der Waals surface area contributed by atoms with Crippen LogP contribution in [0.4, 0.5) is 0 Å². The van der Waals surface area contributed by atoms with E-state index in [-0.39, 0.29) is 6.54 Å². The van der Waals surface area contributed by atoms with E-state index in [0.717, 1.165) is 0 Å². The highest BCUT2D eigenvalue weighted by atomic mass is 32.1. The van der Waals surface area contributed by atoms with Gasteiger partial charge in [-0.05, 0) is 22.5 Å². The number of carbonyl (C=O) groups is 1. The number of nitrogens with zero attached hydrogens (tertiary/aromatic N) is 3. The van der Waals surface area contributed by atoms with E-state index in [2.05, 4.69) is 10.0 Å². The second-order valence-corrected chi connectivity index (χ2v) is 3.77. The lowest BCUT2D eigenvalue weighted by molar-refractivity contribution is 0.0246. The van der Waals surface area contributed by atoms with Crippen LogP contribution in [0.2, 0.25) is 0 Å². The first-order valence-corrected chi connectivity index (χ1v) is 4.97. The quantitative estimate of drug-likeness (QED) is 0.342. The molecule has 0 saturated heterocycles. The van der Waals surface area contributed by atoms with Crippen molar-refractivity contribution in [2.24, 2.45) is 5.11 Å². The Morgan fingerprint density at radius 1 is 1.67 bits per heavy atom. The SMILES string of the molecule is [N-]=[N+]=NCC(O)C(O)c1csc(C=O)c1. The molecule has 2 atom stereocenters. The van der Waals surface area contributed by atoms with Gasteiger partial charge in [0.25, 0.3) is 0 Å². The Morgan fingerprint density at radius 2 is 2.40 bits per heavy atom. The van der Waals surface area contributed by atoms with Crippen LogP contribution in [0.3, 0.4) is 0 Å². The van der Waals surface area contributed by atoms with Crippen molar-refractivity contribution in [1.82, 2.24) is 0 Å². The first-order valence-electron chi connectivity index (χ1n) is 4.09. The lowest BCUT2D eigenvalue weighted by Gasteiger charge is -2.13. The van der Waals surface area contributed by atoms with Gasteiger partial charge in [-0.2, -0.15) is 0 Å². The van der Waals surface area contributed by atoms with Crippen LogP contribution in [-0.4, -0.2) is 29.1 Å². The third-order valence-electron chi connectivity index (χ3n) is 1.79. The van der Waals surface area contributed by atoms with Gasteiger partial charge < -0.3 is 10.2 Å². The number of hydrogen-bond acceptors (Lipinski definition) is 5. The number of rotatable bonds is 5. The smallest absolute Gasteiger partial charge is 0.160 e. The molecule has 7 heteroatoms. The van der Waals surface area contributed by atoms with Gasteiger partial charge in [-0.3, -0.25) is 4.79 Å². The summed E-state index contributed by atoms with van der Waals surface area (Å²) in [7, 11) is 0. The summed E-state index contributed by atoms with van der Waals surface area (Å²) >= 11 is 1.18. The van der Waals surface area contributed by atoms with E-state index < -0.39 is 12.2 Å². The van der Waals surface area contributed by atoms with E-state index >= 15 is 0 Å². The number of thiophene rings is 1. The summed E-state index contributed by atoms with van der Waals surface area (Å²) in [6.07, 6.45) is -1.63. The molecule has 1 aromatic rings. The van der Waals surface area contributed by atoms with E-state index in [1.54, 1.807) is 5.38 Å². The molecule has 0 fully saturated rings. The molecule has 1 heterocycles. The van der Waals surface area contributed by atoms with E-state index in [0.29, 0.717) is 16.7 Å². The molecule has 6 nitrogen and oxygen atoms in total. The van der Waals surface area contributed by atoms with Gasteiger partial charge in [0.1, 0.15) is 6.10 Å². The number of azide groups is 1. The maximum absolute atomic E-state index is 10.4. The highest BCUT2D eigenvalue weighted by molar-refractivity contribution is 7.11. The fraction of sp³-hybridized carbons (Fsp3) is 0.375. The van der Waals surface area contributed by atoms with Crippen molar-refractivity contribution in [3.05, 3.63) is 32.3 Å². The minimum atomic E-state index is -1.16. The average Bonchev–Trinajstić information content (AvgIpc) is 2.73. The van der Waals surface area contributed by atoms with E-state index in [9.17, 15) is 15.0 Å². The lowest BCUT2D eigenvalue weighted by atomic mass is 10.1. The molecular weight excluding hydrogens is 218 g/mol. The van der Waals surface area contributed by atoms with Gasteiger partial charge in [0, 0.05) is 4.91 Å². The van der Waals surface area contributed by atoms with Crippen LogP contribution >= 0.6 is 11.3 Å². The molecule has 0 radical (unpaired) electrons. The molecule has 0 aromatic carbocycles. The number of hydrogen-bond donors (Lipinski definition) is 2. The number of aliphatic hydroxyl groups is 2. The molecule has 0 spiro atoms. The van der Waals surface area contributed by atoms with Crippen LogP contribution in [0, 0.1) is 0 Å². The van der Waals surface area contributed by atoms with E-state index in [4.69, 9.17) is 5.53 Å². The molecule has 0 aliphatic carbocycles. The summed E-state index contributed by atoms with van der Waals surface area (Å²) in [5.74, 6) is 0. The zero-order valence-corrected chi connectivity index (χ0v) is 8.46. The minimum absolute atomic E-state index is 0.204. The molecule has 0 bridgehead atoms. The first-order chi connectivity index (χ1) is 7.19. The summed E-state index contributed by atoms with van der Waals surface area (Å²) in [5.41, 5.74) is 8.48. The van der Waals surface area contributed by atoms with E-state index in [1.165, 1.54) is 17.4 Å². The van der Waals surface area contributed by atoms with Crippen molar-refractivity contribution in [2.45, 2.75) is 12.2 Å². The van der Waals surface area contributed by atoms with Gasteiger partial charge in [0.15, 0.2) is 6.29 Å². The fourth-order valence-electron chi connectivity index (χ4n) is 1.03. The van der Waals surface area contributed by atoms with Gasteiger partial charge in [0.05, 0.1) is 17.5 Å². The Labute approximate surface area is 89.4 Å². The van der Waals surface area contributed by atoms with Crippen LogP contribution in [0.5, 0.6) is 0 Å². The van der Waals surface area contributed by atoms with Crippen molar-refractivity contribution >= 4 is 17.6 Å². The predicted molar refractivity (Wildman–Crippen MR) is 54.7 cm³/mol. The van der Waals surface area contributed by atoms with Gasteiger partial charge in [-0.25, -0.2) is 0 Å². The fourth-order valence-corrected chi connectivity index (χ4v) is 1.77. The maximum atomic E-state index is 10.4. The van der Waals surface area contributed by atoms with Crippen LogP contribution in [0.25, 0.3) is 10.4 Å². The maximum Gasteiger partial charge on any atom is 0.160 e. The summed E-state index contributed by atoms with van der Waals surface area (Å²) in [6.45, 7) is -0.204. The highest BCUT2D eigenvalue weighted by Crippen LogP contribution is 2.22. The lowest BCUT2D eigenvalue weighted by Crippen LogP contribution is -2.20. The molecular formula is C8H9N3O3S. The summed E-state index contributed by atoms with van der Waals surface area (Å²) in [5, 5.41) is 23.7. The second-order valence-electron chi connectivity index (χ2n) is 2.83. The number of carbonyl (C=O) groups excluding carboxylic acids is 1. The number of aliphatic hydroxyl groups excluding tert-OH is 2. The van der Waals surface area contributed by atoms with Gasteiger partial charge in [-0.1, -0.05) is 5.11 Å². The molecule has 80 valence electrons. The zero-order chi connectivity index (χ0) is 11.3. The molecule has 2 unspecified atom stereocenters. The van der Waals surface area contributed by atoms with Crippen molar-refractivity contribution in [3.63, 3.8) is 0 Å². The third-order valence-corrected chi connectivity index (χ3v) is 2.67. The average molecular weight is 227 g/mol. The van der Waals surface area contributed by atoms with Crippen molar-refractivity contribution in [1.29, 1.82) is 0 Å². The summed E-state index contributed by atoms with van der Waals surface area (Å²) < 4.78 is 0. The first kappa shape index (κ1) is 11.7. The molecule has 15 heavy (non-hydrogen) atoms. The number of aldehydes is 1. The monoisotopic (exact) mass is 227 g/mol. The van der Waals surface area contributed by atoms with Gasteiger partial charge in [-0.15, -0.1) is 11.3 Å². The molecule has 0 aliphatic heterocycles. The van der Waals surface area contributed by atoms with Crippen LogP contribution < -0.4 is 0 Å². The van der Waals surface area contributed by atoms with E-state index in [1.807, 2.05) is 0 Å². The normalized spacial score (nSPS) is 14.0. The third kappa shape index (κ3) is 3.03. The highest BCUT2D eigenvalue weighted by Gasteiger charge is 2.18. The Bertz CT molecular complexity index is 386.